The molecule has 2 aliphatic carbocycles. The van der Waals surface area contributed by atoms with E-state index in [1.807, 2.05) is 31.2 Å². The molecule has 3 nitrogen and oxygen atoms in total. The summed E-state index contributed by atoms with van der Waals surface area (Å²) in [6.07, 6.45) is 3.36. The summed E-state index contributed by atoms with van der Waals surface area (Å²) in [5, 5.41) is 0. The normalized spacial score (nSPS) is 25.8. The van der Waals surface area contributed by atoms with Crippen molar-refractivity contribution in [3.63, 3.8) is 0 Å². The first-order valence-corrected chi connectivity index (χ1v) is 7.51. The van der Waals surface area contributed by atoms with Crippen LogP contribution in [0.4, 0.5) is 0 Å². The predicted molar refractivity (Wildman–Crippen MR) is 80.5 cm³/mol. The molecule has 0 unspecified atom stereocenters. The fourth-order valence-corrected chi connectivity index (χ4v) is 3.84. The van der Waals surface area contributed by atoms with E-state index in [-0.39, 0.29) is 11.6 Å². The molecular formula is C18H20O3. The van der Waals surface area contributed by atoms with Gasteiger partial charge < -0.3 is 4.74 Å². The summed E-state index contributed by atoms with van der Waals surface area (Å²) in [5.41, 5.74) is 2.24. The van der Waals surface area contributed by atoms with Crippen molar-refractivity contribution in [3.8, 4) is 5.75 Å². The first kappa shape index (κ1) is 14.1. The monoisotopic (exact) mass is 284 g/mol. The maximum Gasteiger partial charge on any atom is 0.158 e. The van der Waals surface area contributed by atoms with Crippen LogP contribution in [-0.2, 0) is 15.0 Å². The van der Waals surface area contributed by atoms with E-state index in [0.29, 0.717) is 19.3 Å². The smallest absolute Gasteiger partial charge is 0.158 e. The Hall–Kier alpha value is -1.90. The van der Waals surface area contributed by atoms with Crippen molar-refractivity contribution in [2.75, 3.05) is 7.11 Å². The number of methoxy groups -OCH3 is 1. The van der Waals surface area contributed by atoms with Gasteiger partial charge in [-0.25, -0.2) is 0 Å². The average Bonchev–Trinajstić information content (AvgIpc) is 2.52. The van der Waals surface area contributed by atoms with Crippen LogP contribution in [0.25, 0.3) is 0 Å². The van der Waals surface area contributed by atoms with Gasteiger partial charge >= 0.3 is 0 Å². The van der Waals surface area contributed by atoms with Gasteiger partial charge in [0.15, 0.2) is 5.78 Å². The second-order valence-electron chi connectivity index (χ2n) is 5.94. The van der Waals surface area contributed by atoms with Gasteiger partial charge in [-0.3, -0.25) is 9.59 Å². The van der Waals surface area contributed by atoms with E-state index in [1.54, 1.807) is 7.11 Å². The highest BCUT2D eigenvalue weighted by Gasteiger charge is 2.48. The number of ether oxygens (including phenoxy) is 1. The van der Waals surface area contributed by atoms with E-state index < -0.39 is 5.41 Å². The summed E-state index contributed by atoms with van der Waals surface area (Å²) in [7, 11) is 1.63. The number of benzene rings is 1. The number of ketones is 2. The largest absolute Gasteiger partial charge is 0.497 e. The minimum atomic E-state index is -0.592. The van der Waals surface area contributed by atoms with Gasteiger partial charge in [-0.05, 0) is 55.0 Å². The third-order valence-corrected chi connectivity index (χ3v) is 4.98. The van der Waals surface area contributed by atoms with Crippen molar-refractivity contribution in [1.29, 1.82) is 0 Å². The summed E-state index contributed by atoms with van der Waals surface area (Å²) in [4.78, 5) is 24.9. The lowest BCUT2D eigenvalue weighted by Crippen LogP contribution is -2.44. The van der Waals surface area contributed by atoms with Crippen LogP contribution in [-0.4, -0.2) is 18.7 Å². The Morgan fingerprint density at radius 3 is 2.71 bits per heavy atom. The van der Waals surface area contributed by atoms with E-state index >= 15 is 0 Å². The molecule has 0 heterocycles. The fourth-order valence-electron chi connectivity index (χ4n) is 3.84. The van der Waals surface area contributed by atoms with E-state index in [2.05, 4.69) is 0 Å². The lowest BCUT2D eigenvalue weighted by molar-refractivity contribution is -0.126. The van der Waals surface area contributed by atoms with Gasteiger partial charge in [0.2, 0.25) is 0 Å². The first-order chi connectivity index (χ1) is 10.1. The highest BCUT2D eigenvalue weighted by Crippen LogP contribution is 2.49. The molecule has 0 aromatic heterocycles. The van der Waals surface area contributed by atoms with Gasteiger partial charge in [-0.2, -0.15) is 0 Å². The minimum absolute atomic E-state index is 0.193. The van der Waals surface area contributed by atoms with Gasteiger partial charge in [0.1, 0.15) is 11.5 Å². The molecule has 0 saturated heterocycles. The SMILES string of the molecule is COc1cccc([C@]23CCC(=O)C(C)=C2CCCC3=O)c1. The molecule has 1 atom stereocenters. The summed E-state index contributed by atoms with van der Waals surface area (Å²) in [6, 6.07) is 7.76. The lowest BCUT2D eigenvalue weighted by Gasteiger charge is -2.42. The van der Waals surface area contributed by atoms with Crippen molar-refractivity contribution in [1.82, 2.24) is 0 Å². The third kappa shape index (κ3) is 2.03. The quantitative estimate of drug-likeness (QED) is 0.836. The van der Waals surface area contributed by atoms with E-state index in [4.69, 9.17) is 4.74 Å². The van der Waals surface area contributed by atoms with Crippen LogP contribution < -0.4 is 4.74 Å². The summed E-state index contributed by atoms with van der Waals surface area (Å²) < 4.78 is 5.31. The minimum Gasteiger partial charge on any atom is -0.497 e. The molecule has 21 heavy (non-hydrogen) atoms. The molecule has 3 rings (SSSR count). The van der Waals surface area contributed by atoms with Gasteiger partial charge in [-0.1, -0.05) is 12.1 Å². The zero-order chi connectivity index (χ0) is 15.0. The number of carbonyl (C=O) groups is 2. The molecule has 0 radical (unpaired) electrons. The number of hydrogen-bond donors (Lipinski definition) is 0. The molecule has 0 amide bonds. The lowest BCUT2D eigenvalue weighted by atomic mass is 9.59. The zero-order valence-corrected chi connectivity index (χ0v) is 12.6. The third-order valence-electron chi connectivity index (χ3n) is 4.98. The van der Waals surface area contributed by atoms with Crippen LogP contribution in [0.3, 0.4) is 0 Å². The molecule has 0 N–H and O–H groups in total. The summed E-state index contributed by atoms with van der Waals surface area (Å²) in [5.74, 6) is 1.20. The summed E-state index contributed by atoms with van der Waals surface area (Å²) in [6.45, 7) is 1.88. The number of carbonyl (C=O) groups excluding carboxylic acids is 2. The standard InChI is InChI=1S/C18H20O3/c1-12-15-7-4-8-17(20)18(15,10-9-16(12)19)13-5-3-6-14(11-13)21-2/h3,5-6,11H,4,7-10H2,1-2H3/t18-/m1/s1. The molecular weight excluding hydrogens is 264 g/mol. The number of rotatable bonds is 2. The fraction of sp³-hybridized carbons (Fsp3) is 0.444. The number of Topliss-reactive ketones (excluding diaryl/α,β-unsaturated/α-hetero) is 2. The Kier molecular flexibility index (Phi) is 3.44. The van der Waals surface area contributed by atoms with Crippen molar-refractivity contribution in [2.45, 2.75) is 44.4 Å². The van der Waals surface area contributed by atoms with E-state index in [0.717, 1.165) is 35.3 Å². The maximum atomic E-state index is 12.8. The molecule has 0 bridgehead atoms. The molecule has 1 saturated carbocycles. The van der Waals surface area contributed by atoms with Gasteiger partial charge in [0, 0.05) is 12.8 Å². The van der Waals surface area contributed by atoms with Crippen LogP contribution in [0, 0.1) is 0 Å². The Balaban J connectivity index is 2.22. The zero-order valence-electron chi connectivity index (χ0n) is 12.6. The van der Waals surface area contributed by atoms with Crippen molar-refractivity contribution < 1.29 is 14.3 Å². The molecule has 1 fully saturated rings. The first-order valence-electron chi connectivity index (χ1n) is 7.51. The highest BCUT2D eigenvalue weighted by atomic mass is 16.5. The van der Waals surface area contributed by atoms with Crippen LogP contribution >= 0.6 is 0 Å². The van der Waals surface area contributed by atoms with Crippen LogP contribution in [0.15, 0.2) is 35.4 Å². The second-order valence-corrected chi connectivity index (χ2v) is 5.94. The van der Waals surface area contributed by atoms with Crippen molar-refractivity contribution in [3.05, 3.63) is 41.0 Å². The average molecular weight is 284 g/mol. The Morgan fingerprint density at radius 1 is 1.14 bits per heavy atom. The molecule has 0 aliphatic heterocycles. The Bertz CT molecular complexity index is 642. The van der Waals surface area contributed by atoms with Crippen LogP contribution in [0.2, 0.25) is 0 Å². The van der Waals surface area contributed by atoms with E-state index in [9.17, 15) is 9.59 Å². The number of allylic oxidation sites excluding steroid dienone is 2. The molecule has 110 valence electrons. The molecule has 0 spiro atoms. The van der Waals surface area contributed by atoms with Gasteiger partial charge in [0.05, 0.1) is 12.5 Å². The van der Waals surface area contributed by atoms with Crippen molar-refractivity contribution in [2.24, 2.45) is 0 Å². The molecule has 1 aromatic carbocycles. The van der Waals surface area contributed by atoms with Crippen LogP contribution in [0.1, 0.15) is 44.6 Å². The maximum absolute atomic E-state index is 12.8. The second kappa shape index (κ2) is 5.14. The highest BCUT2D eigenvalue weighted by molar-refractivity contribution is 6.04. The molecule has 3 heteroatoms. The molecule has 2 aliphatic rings. The van der Waals surface area contributed by atoms with Gasteiger partial charge in [0.25, 0.3) is 0 Å². The van der Waals surface area contributed by atoms with Gasteiger partial charge in [-0.15, -0.1) is 0 Å². The molecule has 1 aromatic rings. The topological polar surface area (TPSA) is 43.4 Å². The Morgan fingerprint density at radius 2 is 1.95 bits per heavy atom. The Labute approximate surface area is 125 Å². The summed E-state index contributed by atoms with van der Waals surface area (Å²) >= 11 is 0. The number of hydrogen-bond acceptors (Lipinski definition) is 3. The van der Waals surface area contributed by atoms with Crippen LogP contribution in [0.5, 0.6) is 5.75 Å². The van der Waals surface area contributed by atoms with Crippen molar-refractivity contribution >= 4 is 11.6 Å². The van der Waals surface area contributed by atoms with E-state index in [1.165, 1.54) is 0 Å². The predicted octanol–water partition coefficient (Wildman–Crippen LogP) is 3.37. The number of fused-ring (bicyclic) bond motifs is 1.